The summed E-state index contributed by atoms with van der Waals surface area (Å²) < 4.78 is 0. The van der Waals surface area contributed by atoms with Gasteiger partial charge in [0.25, 0.3) is 0 Å². The largest absolute Gasteiger partial charge is 0.384 e. The van der Waals surface area contributed by atoms with Crippen molar-refractivity contribution in [2.45, 2.75) is 38.5 Å². The summed E-state index contributed by atoms with van der Waals surface area (Å²) >= 11 is 0. The van der Waals surface area contributed by atoms with Crippen molar-refractivity contribution in [3.05, 3.63) is 36.7 Å². The first-order valence-electron chi connectivity index (χ1n) is 7.50. The zero-order valence-corrected chi connectivity index (χ0v) is 11.4. The van der Waals surface area contributed by atoms with Crippen LogP contribution in [-0.4, -0.2) is 11.5 Å². The van der Waals surface area contributed by atoms with Crippen LogP contribution in [0.15, 0.2) is 36.7 Å². The molecule has 1 aliphatic carbocycles. The monoisotopic (exact) mass is 254 g/mol. The number of anilines is 1. The molecule has 3 rings (SSSR count). The molecule has 19 heavy (non-hydrogen) atoms. The second-order valence-electron chi connectivity index (χ2n) is 5.64. The molecule has 1 saturated carbocycles. The molecule has 0 atom stereocenters. The van der Waals surface area contributed by atoms with Gasteiger partial charge in [-0.15, -0.1) is 0 Å². The van der Waals surface area contributed by atoms with Crippen molar-refractivity contribution in [1.29, 1.82) is 0 Å². The molecule has 0 saturated heterocycles. The van der Waals surface area contributed by atoms with Crippen LogP contribution in [0.4, 0.5) is 5.69 Å². The van der Waals surface area contributed by atoms with E-state index in [1.54, 1.807) is 0 Å². The molecule has 2 heteroatoms. The predicted octanol–water partition coefficient (Wildman–Crippen LogP) is 4.62. The van der Waals surface area contributed by atoms with E-state index in [2.05, 4.69) is 34.6 Å². The van der Waals surface area contributed by atoms with E-state index in [-0.39, 0.29) is 0 Å². The predicted molar refractivity (Wildman–Crippen MR) is 81.4 cm³/mol. The van der Waals surface area contributed by atoms with Crippen LogP contribution in [0.2, 0.25) is 0 Å². The normalized spacial score (nSPS) is 17.3. The van der Waals surface area contributed by atoms with Crippen LogP contribution in [0.5, 0.6) is 0 Å². The third-order valence-electron chi connectivity index (χ3n) is 4.24. The SMILES string of the molecule is c1cc(NCC2CCCCCC2)c2cnccc2c1. The molecule has 0 unspecified atom stereocenters. The van der Waals surface area contributed by atoms with E-state index in [1.165, 1.54) is 55.0 Å². The highest BCUT2D eigenvalue weighted by atomic mass is 14.9. The summed E-state index contributed by atoms with van der Waals surface area (Å²) in [7, 11) is 0. The minimum Gasteiger partial charge on any atom is -0.384 e. The first-order chi connectivity index (χ1) is 9.43. The van der Waals surface area contributed by atoms with Gasteiger partial charge in [-0.3, -0.25) is 4.98 Å². The summed E-state index contributed by atoms with van der Waals surface area (Å²) in [6.45, 7) is 1.11. The summed E-state index contributed by atoms with van der Waals surface area (Å²) in [6.07, 6.45) is 12.3. The van der Waals surface area contributed by atoms with E-state index >= 15 is 0 Å². The highest BCUT2D eigenvalue weighted by Gasteiger charge is 2.12. The Morgan fingerprint density at radius 3 is 2.74 bits per heavy atom. The van der Waals surface area contributed by atoms with Crippen molar-refractivity contribution in [1.82, 2.24) is 4.98 Å². The van der Waals surface area contributed by atoms with Gasteiger partial charge in [-0.25, -0.2) is 0 Å². The van der Waals surface area contributed by atoms with Crippen LogP contribution in [-0.2, 0) is 0 Å². The van der Waals surface area contributed by atoms with Crippen LogP contribution in [0.25, 0.3) is 10.8 Å². The van der Waals surface area contributed by atoms with E-state index in [9.17, 15) is 0 Å². The van der Waals surface area contributed by atoms with E-state index in [0.717, 1.165) is 12.5 Å². The smallest absolute Gasteiger partial charge is 0.0435 e. The first-order valence-corrected chi connectivity index (χ1v) is 7.50. The van der Waals surface area contributed by atoms with Crippen LogP contribution >= 0.6 is 0 Å². The molecule has 2 aromatic rings. The molecule has 100 valence electrons. The quantitative estimate of drug-likeness (QED) is 0.809. The van der Waals surface area contributed by atoms with Crippen molar-refractivity contribution in [2.24, 2.45) is 5.92 Å². The van der Waals surface area contributed by atoms with Crippen LogP contribution in [0.3, 0.4) is 0 Å². The topological polar surface area (TPSA) is 24.9 Å². The van der Waals surface area contributed by atoms with Crippen molar-refractivity contribution in [3.8, 4) is 0 Å². The highest BCUT2D eigenvalue weighted by Crippen LogP contribution is 2.26. The maximum absolute atomic E-state index is 4.24. The molecule has 0 amide bonds. The fourth-order valence-corrected chi connectivity index (χ4v) is 3.09. The van der Waals surface area contributed by atoms with Crippen molar-refractivity contribution < 1.29 is 0 Å². The standard InChI is InChI=1S/C17H22N2/c1-2-4-7-14(6-3-1)12-19-17-9-5-8-15-10-11-18-13-16(15)17/h5,8-11,13-14,19H,1-4,6-7,12H2. The number of benzene rings is 1. The summed E-state index contributed by atoms with van der Waals surface area (Å²) in [5, 5.41) is 6.14. The lowest BCUT2D eigenvalue weighted by atomic mass is 10.00. The van der Waals surface area contributed by atoms with E-state index < -0.39 is 0 Å². The third-order valence-corrected chi connectivity index (χ3v) is 4.24. The van der Waals surface area contributed by atoms with Crippen molar-refractivity contribution >= 4 is 16.5 Å². The Labute approximate surface area is 115 Å². The van der Waals surface area contributed by atoms with Gasteiger partial charge in [0.05, 0.1) is 0 Å². The zero-order valence-electron chi connectivity index (χ0n) is 11.4. The lowest BCUT2D eigenvalue weighted by Gasteiger charge is -2.16. The highest BCUT2D eigenvalue weighted by molar-refractivity contribution is 5.93. The van der Waals surface area contributed by atoms with E-state index in [4.69, 9.17) is 0 Å². The maximum Gasteiger partial charge on any atom is 0.0435 e. The molecule has 1 N–H and O–H groups in total. The Hall–Kier alpha value is -1.57. The molecule has 1 fully saturated rings. The number of hydrogen-bond donors (Lipinski definition) is 1. The molecule has 0 aliphatic heterocycles. The van der Waals surface area contributed by atoms with Crippen molar-refractivity contribution in [2.75, 3.05) is 11.9 Å². The van der Waals surface area contributed by atoms with Gasteiger partial charge < -0.3 is 5.32 Å². The molecule has 1 heterocycles. The van der Waals surface area contributed by atoms with E-state index in [0.29, 0.717) is 0 Å². The number of fused-ring (bicyclic) bond motifs is 1. The lowest BCUT2D eigenvalue weighted by Crippen LogP contribution is -2.13. The lowest BCUT2D eigenvalue weighted by molar-refractivity contribution is 0.483. The molecule has 0 bridgehead atoms. The number of hydrogen-bond acceptors (Lipinski definition) is 2. The van der Waals surface area contributed by atoms with Gasteiger partial charge in [0.2, 0.25) is 0 Å². The fraction of sp³-hybridized carbons (Fsp3) is 0.471. The van der Waals surface area contributed by atoms with Gasteiger partial charge >= 0.3 is 0 Å². The van der Waals surface area contributed by atoms with Crippen LogP contribution in [0.1, 0.15) is 38.5 Å². The van der Waals surface area contributed by atoms with Crippen LogP contribution in [0, 0.1) is 5.92 Å². The van der Waals surface area contributed by atoms with Crippen LogP contribution < -0.4 is 5.32 Å². The van der Waals surface area contributed by atoms with E-state index in [1.807, 2.05) is 12.4 Å². The molecule has 1 aromatic carbocycles. The maximum atomic E-state index is 4.24. The Balaban J connectivity index is 1.71. The number of nitrogens with zero attached hydrogens (tertiary/aromatic N) is 1. The molecule has 2 nitrogen and oxygen atoms in total. The zero-order chi connectivity index (χ0) is 12.9. The number of nitrogens with one attached hydrogen (secondary N) is 1. The Kier molecular flexibility index (Phi) is 3.97. The number of pyridine rings is 1. The number of aromatic nitrogens is 1. The molecule has 1 aliphatic rings. The molecule has 1 aromatic heterocycles. The average Bonchev–Trinajstić information content (AvgIpc) is 2.74. The second-order valence-corrected chi connectivity index (χ2v) is 5.64. The summed E-state index contributed by atoms with van der Waals surface area (Å²) in [6, 6.07) is 8.51. The van der Waals surface area contributed by atoms with Gasteiger partial charge in [-0.05, 0) is 36.3 Å². The Bertz CT molecular complexity index is 522. The Morgan fingerprint density at radius 1 is 1.05 bits per heavy atom. The summed E-state index contributed by atoms with van der Waals surface area (Å²) in [5.41, 5.74) is 1.23. The summed E-state index contributed by atoms with van der Waals surface area (Å²) in [5.74, 6) is 0.842. The molecule has 0 radical (unpaired) electrons. The summed E-state index contributed by atoms with van der Waals surface area (Å²) in [4.78, 5) is 4.24. The van der Waals surface area contributed by atoms with Gasteiger partial charge in [0, 0.05) is 30.0 Å². The number of rotatable bonds is 3. The minimum absolute atomic E-state index is 0.842. The second kappa shape index (κ2) is 6.05. The van der Waals surface area contributed by atoms with Gasteiger partial charge in [0.1, 0.15) is 0 Å². The molecule has 0 spiro atoms. The van der Waals surface area contributed by atoms with Gasteiger partial charge in [-0.1, -0.05) is 37.8 Å². The fourth-order valence-electron chi connectivity index (χ4n) is 3.09. The van der Waals surface area contributed by atoms with Crippen molar-refractivity contribution in [3.63, 3.8) is 0 Å². The average molecular weight is 254 g/mol. The Morgan fingerprint density at radius 2 is 1.89 bits per heavy atom. The van der Waals surface area contributed by atoms with Gasteiger partial charge in [0.15, 0.2) is 0 Å². The van der Waals surface area contributed by atoms with Gasteiger partial charge in [-0.2, -0.15) is 0 Å². The molecular formula is C17H22N2. The first kappa shape index (κ1) is 12.5. The third kappa shape index (κ3) is 3.06. The minimum atomic E-state index is 0.842. The molecular weight excluding hydrogens is 232 g/mol.